The number of halogens is 3. The number of hydrogen-bond acceptors (Lipinski definition) is 8. The number of carbonyl (C=O) groups is 2. The monoisotopic (exact) mass is 485 g/mol. The third-order valence-corrected chi connectivity index (χ3v) is 5.05. The number of ether oxygens (including phenoxy) is 1. The zero-order valence-corrected chi connectivity index (χ0v) is 18.3. The van der Waals surface area contributed by atoms with E-state index in [1.807, 2.05) is 24.3 Å². The van der Waals surface area contributed by atoms with Gasteiger partial charge in [-0.3, -0.25) is 9.69 Å². The minimum absolute atomic E-state index is 0.101. The SMILES string of the molecule is O=C(Nc1ccc(-c2nnc(NCCCN3CCOCC3)o2)cc1)C1CC1.O=C(O)C(F)(F)F. The molecule has 0 unspecified atom stereocenters. The van der Waals surface area contributed by atoms with Crippen molar-refractivity contribution in [3.8, 4) is 11.5 Å². The highest BCUT2D eigenvalue weighted by molar-refractivity contribution is 5.94. The minimum Gasteiger partial charge on any atom is -0.475 e. The third kappa shape index (κ3) is 8.30. The third-order valence-electron chi connectivity index (χ3n) is 5.05. The van der Waals surface area contributed by atoms with Crippen molar-refractivity contribution in [3.63, 3.8) is 0 Å². The predicted molar refractivity (Wildman–Crippen MR) is 115 cm³/mol. The Morgan fingerprint density at radius 2 is 1.76 bits per heavy atom. The number of rotatable bonds is 8. The zero-order chi connectivity index (χ0) is 24.6. The van der Waals surface area contributed by atoms with E-state index in [-0.39, 0.29) is 11.8 Å². The molecule has 0 bridgehead atoms. The van der Waals surface area contributed by atoms with E-state index in [1.54, 1.807) is 0 Å². The van der Waals surface area contributed by atoms with Crippen LogP contribution in [0.15, 0.2) is 28.7 Å². The van der Waals surface area contributed by atoms with Crippen molar-refractivity contribution >= 4 is 23.6 Å². The standard InChI is InChI=1S/C19H25N5O3.C2HF3O2/c25-17(14-2-3-14)21-16-6-4-15(5-7-16)18-22-23-19(27-18)20-8-1-9-24-10-12-26-13-11-24;3-2(4,5)1(6)7/h4-7,14H,1-3,8-13H2,(H,20,23)(H,21,25);(H,6,7). The Hall–Kier alpha value is -3.19. The topological polar surface area (TPSA) is 130 Å². The van der Waals surface area contributed by atoms with Crippen LogP contribution < -0.4 is 10.6 Å². The number of aromatic nitrogens is 2. The number of carboxylic acid groups (broad SMARTS) is 1. The van der Waals surface area contributed by atoms with E-state index in [2.05, 4.69) is 25.7 Å². The molecule has 1 aromatic heterocycles. The van der Waals surface area contributed by atoms with Crippen molar-refractivity contribution in [2.45, 2.75) is 25.4 Å². The molecule has 2 heterocycles. The molecule has 1 aliphatic heterocycles. The molecule has 34 heavy (non-hydrogen) atoms. The summed E-state index contributed by atoms with van der Waals surface area (Å²) < 4.78 is 42.8. The second kappa shape index (κ2) is 11.8. The van der Waals surface area contributed by atoms with E-state index < -0.39 is 12.1 Å². The summed E-state index contributed by atoms with van der Waals surface area (Å²) in [6.45, 7) is 5.47. The van der Waals surface area contributed by atoms with Crippen LogP contribution in [0.4, 0.5) is 24.9 Å². The van der Waals surface area contributed by atoms with Gasteiger partial charge in [0.15, 0.2) is 0 Å². The summed E-state index contributed by atoms with van der Waals surface area (Å²) in [5, 5.41) is 21.4. The number of morpholine rings is 1. The van der Waals surface area contributed by atoms with Crippen LogP contribution in [0.2, 0.25) is 0 Å². The highest BCUT2D eigenvalue weighted by Crippen LogP contribution is 2.30. The first kappa shape index (κ1) is 25.4. The molecule has 2 fully saturated rings. The van der Waals surface area contributed by atoms with Crippen molar-refractivity contribution < 1.29 is 37.0 Å². The Morgan fingerprint density at radius 1 is 1.12 bits per heavy atom. The number of aliphatic carboxylic acids is 1. The lowest BCUT2D eigenvalue weighted by atomic mass is 10.2. The van der Waals surface area contributed by atoms with Gasteiger partial charge in [-0.2, -0.15) is 13.2 Å². The second-order valence-corrected chi connectivity index (χ2v) is 7.79. The smallest absolute Gasteiger partial charge is 0.475 e. The largest absolute Gasteiger partial charge is 0.490 e. The maximum Gasteiger partial charge on any atom is 0.490 e. The van der Waals surface area contributed by atoms with Gasteiger partial charge in [-0.1, -0.05) is 5.10 Å². The van der Waals surface area contributed by atoms with Gasteiger partial charge in [0.1, 0.15) is 0 Å². The quantitative estimate of drug-likeness (QED) is 0.483. The molecule has 1 saturated carbocycles. The van der Waals surface area contributed by atoms with Crippen LogP contribution in [0.1, 0.15) is 19.3 Å². The number of alkyl halides is 3. The summed E-state index contributed by atoms with van der Waals surface area (Å²) in [6, 6.07) is 7.89. The van der Waals surface area contributed by atoms with Crippen molar-refractivity contribution in [3.05, 3.63) is 24.3 Å². The van der Waals surface area contributed by atoms with Gasteiger partial charge in [-0.25, -0.2) is 4.79 Å². The van der Waals surface area contributed by atoms with Crippen molar-refractivity contribution in [2.24, 2.45) is 5.92 Å². The normalized spacial score (nSPS) is 16.3. The average Bonchev–Trinajstić information content (AvgIpc) is 3.56. The van der Waals surface area contributed by atoms with E-state index in [4.69, 9.17) is 19.1 Å². The molecule has 2 aliphatic rings. The highest BCUT2D eigenvalue weighted by atomic mass is 19.4. The Kier molecular flexibility index (Phi) is 8.82. The van der Waals surface area contributed by atoms with Crippen molar-refractivity contribution in [1.29, 1.82) is 0 Å². The molecule has 0 spiro atoms. The first-order valence-electron chi connectivity index (χ1n) is 10.8. The lowest BCUT2D eigenvalue weighted by Crippen LogP contribution is -2.37. The van der Waals surface area contributed by atoms with Gasteiger partial charge >= 0.3 is 18.2 Å². The summed E-state index contributed by atoms with van der Waals surface area (Å²) in [7, 11) is 0. The van der Waals surface area contributed by atoms with Gasteiger partial charge in [-0.05, 0) is 50.1 Å². The van der Waals surface area contributed by atoms with E-state index >= 15 is 0 Å². The summed E-state index contributed by atoms with van der Waals surface area (Å²) in [5.74, 6) is -2.00. The van der Waals surface area contributed by atoms with E-state index in [0.717, 1.165) is 69.9 Å². The number of anilines is 2. The lowest BCUT2D eigenvalue weighted by Gasteiger charge is -2.26. The summed E-state index contributed by atoms with van der Waals surface area (Å²) >= 11 is 0. The molecule has 0 radical (unpaired) electrons. The minimum atomic E-state index is -5.08. The Balaban J connectivity index is 0.000000406. The lowest BCUT2D eigenvalue weighted by molar-refractivity contribution is -0.192. The maximum absolute atomic E-state index is 11.8. The number of benzene rings is 1. The van der Waals surface area contributed by atoms with Crippen LogP contribution in [-0.2, 0) is 14.3 Å². The van der Waals surface area contributed by atoms with Crippen LogP contribution in [0.5, 0.6) is 0 Å². The molecule has 1 amide bonds. The molecule has 0 atom stereocenters. The zero-order valence-electron chi connectivity index (χ0n) is 18.3. The second-order valence-electron chi connectivity index (χ2n) is 7.79. The van der Waals surface area contributed by atoms with E-state index in [1.165, 1.54) is 0 Å². The van der Waals surface area contributed by atoms with Gasteiger partial charge < -0.3 is 24.9 Å². The Bertz CT molecular complexity index is 941. The van der Waals surface area contributed by atoms with Crippen molar-refractivity contribution in [2.75, 3.05) is 50.0 Å². The fourth-order valence-corrected chi connectivity index (χ4v) is 3.02. The first-order valence-corrected chi connectivity index (χ1v) is 10.8. The molecule has 4 rings (SSSR count). The van der Waals surface area contributed by atoms with Crippen LogP contribution >= 0.6 is 0 Å². The molecule has 186 valence electrons. The molecule has 3 N–H and O–H groups in total. The van der Waals surface area contributed by atoms with Crippen LogP contribution in [0, 0.1) is 5.92 Å². The Morgan fingerprint density at radius 3 is 2.35 bits per heavy atom. The van der Waals surface area contributed by atoms with Gasteiger partial charge in [-0.15, -0.1) is 5.10 Å². The number of nitrogens with one attached hydrogen (secondary N) is 2. The van der Waals surface area contributed by atoms with E-state index in [0.29, 0.717) is 11.9 Å². The number of nitrogens with zero attached hydrogens (tertiary/aromatic N) is 3. The summed E-state index contributed by atoms with van der Waals surface area (Å²) in [5.41, 5.74) is 1.62. The highest BCUT2D eigenvalue weighted by Gasteiger charge is 2.38. The van der Waals surface area contributed by atoms with Crippen LogP contribution in [0.25, 0.3) is 11.5 Å². The molecule has 13 heteroatoms. The molecular formula is C21H26F3N5O5. The fourth-order valence-electron chi connectivity index (χ4n) is 3.02. The fraction of sp³-hybridized carbons (Fsp3) is 0.524. The van der Waals surface area contributed by atoms with E-state index in [9.17, 15) is 18.0 Å². The van der Waals surface area contributed by atoms with Gasteiger partial charge in [0, 0.05) is 36.8 Å². The van der Waals surface area contributed by atoms with Crippen LogP contribution in [-0.4, -0.2) is 77.6 Å². The molecule has 1 aromatic carbocycles. The average molecular weight is 485 g/mol. The van der Waals surface area contributed by atoms with Gasteiger partial charge in [0.2, 0.25) is 11.8 Å². The summed E-state index contributed by atoms with van der Waals surface area (Å²) in [4.78, 5) is 23.1. The first-order chi connectivity index (χ1) is 16.2. The summed E-state index contributed by atoms with van der Waals surface area (Å²) in [6.07, 6.45) is -2.09. The molecule has 2 aromatic rings. The molecular weight excluding hydrogens is 459 g/mol. The molecule has 1 aliphatic carbocycles. The number of hydrogen-bond donors (Lipinski definition) is 3. The number of carboxylic acids is 1. The number of amides is 1. The van der Waals surface area contributed by atoms with Gasteiger partial charge in [0.05, 0.1) is 13.2 Å². The number of carbonyl (C=O) groups excluding carboxylic acids is 1. The molecule has 10 nitrogen and oxygen atoms in total. The predicted octanol–water partition coefficient (Wildman–Crippen LogP) is 2.85. The Labute approximate surface area is 193 Å². The maximum atomic E-state index is 11.8. The van der Waals surface area contributed by atoms with Gasteiger partial charge in [0.25, 0.3) is 0 Å². The van der Waals surface area contributed by atoms with Crippen LogP contribution in [0.3, 0.4) is 0 Å². The molecule has 1 saturated heterocycles. The van der Waals surface area contributed by atoms with Crippen molar-refractivity contribution in [1.82, 2.24) is 15.1 Å².